The van der Waals surface area contributed by atoms with Gasteiger partial charge in [-0.1, -0.05) is 6.42 Å². The van der Waals surface area contributed by atoms with Crippen molar-refractivity contribution in [1.82, 2.24) is 5.32 Å². The van der Waals surface area contributed by atoms with Crippen LogP contribution in [0.15, 0.2) is 18.2 Å². The summed E-state index contributed by atoms with van der Waals surface area (Å²) in [5.74, 6) is -2.61. The van der Waals surface area contributed by atoms with Gasteiger partial charge in [0.05, 0.1) is 11.1 Å². The van der Waals surface area contributed by atoms with Crippen LogP contribution in [0.2, 0.25) is 0 Å². The molecule has 1 aromatic rings. The molecule has 0 bridgehead atoms. The van der Waals surface area contributed by atoms with Crippen molar-refractivity contribution in [2.24, 2.45) is 5.41 Å². The predicted octanol–water partition coefficient (Wildman–Crippen LogP) is 2.73. The number of anilines is 1. The second-order valence-electron chi connectivity index (χ2n) is 5.39. The molecule has 1 aliphatic rings. The fourth-order valence-corrected chi connectivity index (χ4v) is 2.56. The van der Waals surface area contributed by atoms with Crippen LogP contribution in [-0.4, -0.2) is 23.1 Å². The lowest BCUT2D eigenvalue weighted by Crippen LogP contribution is -2.48. The van der Waals surface area contributed by atoms with E-state index in [-0.39, 0.29) is 5.69 Å². The van der Waals surface area contributed by atoms with Crippen molar-refractivity contribution in [2.45, 2.75) is 32.2 Å². The van der Waals surface area contributed by atoms with Crippen molar-refractivity contribution in [3.05, 3.63) is 29.8 Å². The van der Waals surface area contributed by atoms with E-state index in [0.717, 1.165) is 12.1 Å². The van der Waals surface area contributed by atoms with E-state index in [1.54, 1.807) is 6.92 Å². The number of amides is 2. The summed E-state index contributed by atoms with van der Waals surface area (Å²) in [6, 6.07) is 1.55. The summed E-state index contributed by atoms with van der Waals surface area (Å²) in [5, 5.41) is 14.1. The van der Waals surface area contributed by atoms with Crippen LogP contribution in [0.4, 0.5) is 19.3 Å². The van der Waals surface area contributed by atoms with Crippen molar-refractivity contribution < 1.29 is 23.5 Å². The topological polar surface area (TPSA) is 78.4 Å². The number of carbonyl (C=O) groups excluding carboxylic acids is 1. The lowest BCUT2D eigenvalue weighted by Gasteiger charge is -2.27. The number of benzene rings is 1. The molecule has 2 rings (SSSR count). The van der Waals surface area contributed by atoms with Crippen LogP contribution in [0.1, 0.15) is 26.2 Å². The smallest absolute Gasteiger partial charge is 0.319 e. The number of nitrogens with one attached hydrogen (secondary N) is 2. The lowest BCUT2D eigenvalue weighted by molar-refractivity contribution is -0.148. The highest BCUT2D eigenvalue weighted by Gasteiger charge is 2.45. The van der Waals surface area contributed by atoms with Crippen LogP contribution in [0.25, 0.3) is 0 Å². The van der Waals surface area contributed by atoms with Gasteiger partial charge in [0.1, 0.15) is 11.6 Å². The minimum atomic E-state index is -1.03. The molecule has 0 aromatic heterocycles. The van der Waals surface area contributed by atoms with Gasteiger partial charge in [0.25, 0.3) is 0 Å². The van der Waals surface area contributed by atoms with E-state index in [1.807, 2.05) is 0 Å². The summed E-state index contributed by atoms with van der Waals surface area (Å²) in [5.41, 5.74) is -1.19. The first-order valence-corrected chi connectivity index (χ1v) is 6.59. The quantitative estimate of drug-likeness (QED) is 0.803. The van der Waals surface area contributed by atoms with E-state index >= 15 is 0 Å². The predicted molar refractivity (Wildman–Crippen MR) is 71.9 cm³/mol. The van der Waals surface area contributed by atoms with E-state index in [0.29, 0.717) is 25.3 Å². The zero-order chi connectivity index (χ0) is 15.6. The molecule has 2 amide bonds. The van der Waals surface area contributed by atoms with E-state index < -0.39 is 35.1 Å². The Morgan fingerprint density at radius 1 is 1.38 bits per heavy atom. The fraction of sp³-hybridized carbons (Fsp3) is 0.429. The first-order chi connectivity index (χ1) is 9.83. The number of aliphatic carboxylic acids is 1. The van der Waals surface area contributed by atoms with Gasteiger partial charge in [-0.15, -0.1) is 0 Å². The van der Waals surface area contributed by atoms with E-state index in [9.17, 15) is 23.5 Å². The van der Waals surface area contributed by atoms with Crippen LogP contribution in [0.3, 0.4) is 0 Å². The SMILES string of the molecule is CC1(C(=O)O)CCCC1NC(=O)Nc1ccc(F)cc1F. The van der Waals surface area contributed by atoms with Gasteiger partial charge < -0.3 is 15.7 Å². The average Bonchev–Trinajstić information content (AvgIpc) is 2.76. The number of urea groups is 1. The molecule has 5 nitrogen and oxygen atoms in total. The first-order valence-electron chi connectivity index (χ1n) is 6.59. The Balaban J connectivity index is 2.03. The Hall–Kier alpha value is -2.18. The van der Waals surface area contributed by atoms with E-state index in [2.05, 4.69) is 10.6 Å². The second-order valence-corrected chi connectivity index (χ2v) is 5.39. The van der Waals surface area contributed by atoms with Crippen molar-refractivity contribution in [3.63, 3.8) is 0 Å². The molecular weight excluding hydrogens is 282 g/mol. The van der Waals surface area contributed by atoms with Gasteiger partial charge in [0.2, 0.25) is 0 Å². The van der Waals surface area contributed by atoms with Crippen molar-refractivity contribution >= 4 is 17.7 Å². The molecule has 2 unspecified atom stereocenters. The van der Waals surface area contributed by atoms with Crippen LogP contribution < -0.4 is 10.6 Å². The summed E-state index contributed by atoms with van der Waals surface area (Å²) < 4.78 is 26.2. The zero-order valence-corrected chi connectivity index (χ0v) is 11.5. The monoisotopic (exact) mass is 298 g/mol. The number of carbonyl (C=O) groups is 2. The number of carboxylic acids is 1. The van der Waals surface area contributed by atoms with Crippen LogP contribution in [0, 0.1) is 17.0 Å². The van der Waals surface area contributed by atoms with Crippen LogP contribution >= 0.6 is 0 Å². The Labute approximate surface area is 120 Å². The maximum Gasteiger partial charge on any atom is 0.319 e. The number of hydrogen-bond donors (Lipinski definition) is 3. The Kier molecular flexibility index (Phi) is 4.11. The van der Waals surface area contributed by atoms with Gasteiger partial charge in [-0.3, -0.25) is 4.79 Å². The molecule has 0 radical (unpaired) electrons. The standard InChI is InChI=1S/C14H16F2N2O3/c1-14(12(19)20)6-2-3-11(14)18-13(21)17-10-5-4-8(15)7-9(10)16/h4-5,7,11H,2-3,6H2,1H3,(H,19,20)(H2,17,18,21). The molecule has 3 N–H and O–H groups in total. The van der Waals surface area contributed by atoms with Gasteiger partial charge in [0.15, 0.2) is 0 Å². The Morgan fingerprint density at radius 3 is 2.71 bits per heavy atom. The normalized spacial score (nSPS) is 24.6. The van der Waals surface area contributed by atoms with E-state index in [1.165, 1.54) is 0 Å². The summed E-state index contributed by atoms with van der Waals surface area (Å²) in [6.45, 7) is 1.58. The van der Waals surface area contributed by atoms with Crippen molar-refractivity contribution in [2.75, 3.05) is 5.32 Å². The highest BCUT2D eigenvalue weighted by Crippen LogP contribution is 2.38. The molecule has 21 heavy (non-hydrogen) atoms. The zero-order valence-electron chi connectivity index (χ0n) is 11.5. The molecule has 114 valence electrons. The second kappa shape index (κ2) is 5.67. The Morgan fingerprint density at radius 2 is 2.10 bits per heavy atom. The third kappa shape index (κ3) is 3.12. The highest BCUT2D eigenvalue weighted by molar-refractivity contribution is 5.90. The van der Waals surface area contributed by atoms with Gasteiger partial charge in [-0.2, -0.15) is 0 Å². The summed E-state index contributed by atoms with van der Waals surface area (Å²) in [6.07, 6.45) is 1.71. The molecule has 1 aromatic carbocycles. The molecule has 0 spiro atoms. The molecule has 2 atom stereocenters. The largest absolute Gasteiger partial charge is 0.481 e. The molecule has 0 saturated heterocycles. The number of carboxylic acid groups (broad SMARTS) is 1. The average molecular weight is 298 g/mol. The number of halogens is 2. The van der Waals surface area contributed by atoms with Gasteiger partial charge in [0, 0.05) is 12.1 Å². The summed E-state index contributed by atoms with van der Waals surface area (Å²) >= 11 is 0. The highest BCUT2D eigenvalue weighted by atomic mass is 19.1. The van der Waals surface area contributed by atoms with Crippen molar-refractivity contribution in [3.8, 4) is 0 Å². The third-order valence-corrected chi connectivity index (χ3v) is 3.93. The molecule has 7 heteroatoms. The molecule has 1 aliphatic carbocycles. The maximum atomic E-state index is 13.4. The molecule has 0 heterocycles. The summed E-state index contributed by atoms with van der Waals surface area (Å²) in [4.78, 5) is 23.1. The lowest BCUT2D eigenvalue weighted by atomic mass is 9.85. The molecule has 0 aliphatic heterocycles. The summed E-state index contributed by atoms with van der Waals surface area (Å²) in [7, 11) is 0. The third-order valence-electron chi connectivity index (χ3n) is 3.93. The van der Waals surface area contributed by atoms with Crippen LogP contribution in [-0.2, 0) is 4.79 Å². The van der Waals surface area contributed by atoms with Gasteiger partial charge >= 0.3 is 12.0 Å². The van der Waals surface area contributed by atoms with Crippen molar-refractivity contribution in [1.29, 1.82) is 0 Å². The van der Waals surface area contributed by atoms with Crippen LogP contribution in [0.5, 0.6) is 0 Å². The van der Waals surface area contributed by atoms with E-state index in [4.69, 9.17) is 0 Å². The van der Waals surface area contributed by atoms with Gasteiger partial charge in [-0.25, -0.2) is 13.6 Å². The Bertz CT molecular complexity index is 579. The maximum absolute atomic E-state index is 13.4. The molecule has 1 fully saturated rings. The number of rotatable bonds is 3. The molecular formula is C14H16F2N2O3. The fourth-order valence-electron chi connectivity index (χ4n) is 2.56. The first kappa shape index (κ1) is 15.2. The van der Waals surface area contributed by atoms with Gasteiger partial charge in [-0.05, 0) is 31.9 Å². The molecule has 1 saturated carbocycles. The minimum Gasteiger partial charge on any atom is -0.481 e. The minimum absolute atomic E-state index is 0.163. The number of hydrogen-bond acceptors (Lipinski definition) is 2.